The Labute approximate surface area is 104 Å². The summed E-state index contributed by atoms with van der Waals surface area (Å²) in [5, 5.41) is 2.77. The van der Waals surface area contributed by atoms with Gasteiger partial charge in [0.2, 0.25) is 5.91 Å². The fourth-order valence-corrected chi connectivity index (χ4v) is 2.05. The number of benzene rings is 1. The third kappa shape index (κ3) is 5.03. The molecule has 1 amide bonds. The Balaban J connectivity index is 2.46. The van der Waals surface area contributed by atoms with E-state index in [4.69, 9.17) is 0 Å². The highest BCUT2D eigenvalue weighted by molar-refractivity contribution is 5.78. The van der Waals surface area contributed by atoms with Crippen LogP contribution in [-0.2, 0) is 11.2 Å². The second-order valence-electron chi connectivity index (χ2n) is 4.48. The van der Waals surface area contributed by atoms with Gasteiger partial charge in [-0.2, -0.15) is 0 Å². The maximum Gasteiger partial charge on any atom is 0.222 e. The molecule has 0 aliphatic carbocycles. The molecule has 0 spiro atoms. The second-order valence-corrected chi connectivity index (χ2v) is 4.48. The van der Waals surface area contributed by atoms with Crippen LogP contribution < -0.4 is 5.32 Å². The van der Waals surface area contributed by atoms with Gasteiger partial charge < -0.3 is 5.32 Å². The smallest absolute Gasteiger partial charge is 0.222 e. The molecule has 1 aromatic carbocycles. The zero-order chi connectivity index (χ0) is 12.5. The third-order valence-electron chi connectivity index (χ3n) is 3.15. The second kappa shape index (κ2) is 7.88. The van der Waals surface area contributed by atoms with Crippen molar-refractivity contribution in [3.05, 3.63) is 35.9 Å². The fraction of sp³-hybridized carbons (Fsp3) is 0.533. The van der Waals surface area contributed by atoms with Crippen molar-refractivity contribution in [2.75, 3.05) is 7.05 Å². The van der Waals surface area contributed by atoms with Gasteiger partial charge in [0.15, 0.2) is 0 Å². The Hall–Kier alpha value is -1.31. The molecular formula is C15H23NO. The summed E-state index contributed by atoms with van der Waals surface area (Å²) in [5.74, 6) is 0.356. The Kier molecular flexibility index (Phi) is 6.38. The zero-order valence-corrected chi connectivity index (χ0v) is 10.9. The van der Waals surface area contributed by atoms with Gasteiger partial charge in [-0.3, -0.25) is 4.79 Å². The molecule has 0 radical (unpaired) electrons. The van der Waals surface area contributed by atoms with Crippen LogP contribution in [0.2, 0.25) is 0 Å². The predicted octanol–water partition coefficient (Wildman–Crippen LogP) is 3.17. The SMILES string of the molecule is CCCC[C@H](CCc1ccccc1)C(=O)NC. The lowest BCUT2D eigenvalue weighted by Gasteiger charge is -2.14. The van der Waals surface area contributed by atoms with Crippen LogP contribution in [0.3, 0.4) is 0 Å². The predicted molar refractivity (Wildman–Crippen MR) is 71.8 cm³/mol. The number of hydrogen-bond acceptors (Lipinski definition) is 1. The Morgan fingerprint density at radius 3 is 2.53 bits per heavy atom. The fourth-order valence-electron chi connectivity index (χ4n) is 2.05. The van der Waals surface area contributed by atoms with Crippen LogP contribution in [0.5, 0.6) is 0 Å². The summed E-state index contributed by atoms with van der Waals surface area (Å²) >= 11 is 0. The highest BCUT2D eigenvalue weighted by atomic mass is 16.1. The molecule has 1 aromatic rings. The molecule has 0 fully saturated rings. The molecule has 94 valence electrons. The van der Waals surface area contributed by atoms with Crippen LogP contribution in [0.25, 0.3) is 0 Å². The molecule has 1 rings (SSSR count). The van der Waals surface area contributed by atoms with E-state index in [1.807, 2.05) is 6.07 Å². The lowest BCUT2D eigenvalue weighted by Crippen LogP contribution is -2.27. The number of rotatable bonds is 7. The van der Waals surface area contributed by atoms with Gasteiger partial charge in [0.05, 0.1) is 0 Å². The molecule has 0 unspecified atom stereocenters. The summed E-state index contributed by atoms with van der Waals surface area (Å²) < 4.78 is 0. The number of carbonyl (C=O) groups excluding carboxylic acids is 1. The Morgan fingerprint density at radius 2 is 1.94 bits per heavy atom. The van der Waals surface area contributed by atoms with E-state index in [-0.39, 0.29) is 11.8 Å². The molecule has 1 N–H and O–H groups in total. The molecule has 17 heavy (non-hydrogen) atoms. The zero-order valence-electron chi connectivity index (χ0n) is 10.9. The largest absolute Gasteiger partial charge is 0.359 e. The highest BCUT2D eigenvalue weighted by Gasteiger charge is 2.16. The minimum Gasteiger partial charge on any atom is -0.359 e. The molecule has 1 atom stereocenters. The molecule has 0 heterocycles. The number of aryl methyl sites for hydroxylation is 1. The van der Waals surface area contributed by atoms with Crippen LogP contribution in [0.4, 0.5) is 0 Å². The number of amides is 1. The number of carbonyl (C=O) groups is 1. The first-order valence-electron chi connectivity index (χ1n) is 6.53. The molecule has 0 saturated heterocycles. The van der Waals surface area contributed by atoms with Crippen molar-refractivity contribution in [3.8, 4) is 0 Å². The summed E-state index contributed by atoms with van der Waals surface area (Å²) in [6.45, 7) is 2.16. The summed E-state index contributed by atoms with van der Waals surface area (Å²) in [4.78, 5) is 11.7. The van der Waals surface area contributed by atoms with Crippen molar-refractivity contribution >= 4 is 5.91 Å². The summed E-state index contributed by atoms with van der Waals surface area (Å²) in [6.07, 6.45) is 5.22. The van der Waals surface area contributed by atoms with Gasteiger partial charge in [-0.15, -0.1) is 0 Å². The molecule has 2 heteroatoms. The van der Waals surface area contributed by atoms with Crippen molar-refractivity contribution in [2.24, 2.45) is 5.92 Å². The average Bonchev–Trinajstić information content (AvgIpc) is 2.39. The van der Waals surface area contributed by atoms with Crippen molar-refractivity contribution in [1.29, 1.82) is 0 Å². The van der Waals surface area contributed by atoms with Crippen molar-refractivity contribution < 1.29 is 4.79 Å². The monoisotopic (exact) mass is 233 g/mol. The quantitative estimate of drug-likeness (QED) is 0.770. The van der Waals surface area contributed by atoms with Gasteiger partial charge in [0.25, 0.3) is 0 Å². The maximum atomic E-state index is 11.7. The molecule has 0 saturated carbocycles. The Bertz CT molecular complexity index is 321. The molecular weight excluding hydrogens is 210 g/mol. The number of hydrogen-bond donors (Lipinski definition) is 1. The number of nitrogens with one attached hydrogen (secondary N) is 1. The van der Waals surface area contributed by atoms with Crippen LogP contribution in [0.15, 0.2) is 30.3 Å². The topological polar surface area (TPSA) is 29.1 Å². The first kappa shape index (κ1) is 13.8. The van der Waals surface area contributed by atoms with E-state index in [1.165, 1.54) is 5.56 Å². The molecule has 2 nitrogen and oxygen atoms in total. The van der Waals surface area contributed by atoms with Crippen LogP contribution in [-0.4, -0.2) is 13.0 Å². The first-order chi connectivity index (χ1) is 8.27. The average molecular weight is 233 g/mol. The highest BCUT2D eigenvalue weighted by Crippen LogP contribution is 2.16. The van der Waals surface area contributed by atoms with Gasteiger partial charge in [-0.1, -0.05) is 50.1 Å². The van der Waals surface area contributed by atoms with Crippen molar-refractivity contribution in [2.45, 2.75) is 39.0 Å². The van der Waals surface area contributed by atoms with Gasteiger partial charge in [-0.25, -0.2) is 0 Å². The lowest BCUT2D eigenvalue weighted by atomic mass is 9.94. The van der Waals surface area contributed by atoms with Gasteiger partial charge >= 0.3 is 0 Å². The van der Waals surface area contributed by atoms with Crippen LogP contribution >= 0.6 is 0 Å². The first-order valence-corrected chi connectivity index (χ1v) is 6.53. The minimum absolute atomic E-state index is 0.167. The van der Waals surface area contributed by atoms with Crippen molar-refractivity contribution in [3.63, 3.8) is 0 Å². The van der Waals surface area contributed by atoms with Crippen molar-refractivity contribution in [1.82, 2.24) is 5.32 Å². The standard InChI is InChI=1S/C15H23NO/c1-3-4-10-14(15(17)16-2)12-11-13-8-6-5-7-9-13/h5-9,14H,3-4,10-12H2,1-2H3,(H,16,17)/t14-/m1/s1. The van der Waals surface area contributed by atoms with E-state index in [1.54, 1.807) is 7.05 Å². The van der Waals surface area contributed by atoms with E-state index in [9.17, 15) is 4.79 Å². The molecule has 0 aliphatic rings. The van der Waals surface area contributed by atoms with Gasteiger partial charge in [0.1, 0.15) is 0 Å². The Morgan fingerprint density at radius 1 is 1.24 bits per heavy atom. The number of unbranched alkanes of at least 4 members (excludes halogenated alkanes) is 1. The third-order valence-corrected chi connectivity index (χ3v) is 3.15. The van der Waals surface area contributed by atoms with E-state index in [2.05, 4.69) is 36.5 Å². The van der Waals surface area contributed by atoms with E-state index in [0.717, 1.165) is 32.1 Å². The lowest BCUT2D eigenvalue weighted by molar-refractivity contribution is -0.124. The summed E-state index contributed by atoms with van der Waals surface area (Å²) in [5.41, 5.74) is 1.32. The van der Waals surface area contributed by atoms with Gasteiger partial charge in [0, 0.05) is 13.0 Å². The minimum atomic E-state index is 0.167. The molecule has 0 aromatic heterocycles. The van der Waals surface area contributed by atoms with Crippen LogP contribution in [0, 0.1) is 5.92 Å². The summed E-state index contributed by atoms with van der Waals surface area (Å²) in [7, 11) is 1.73. The van der Waals surface area contributed by atoms with Crippen LogP contribution in [0.1, 0.15) is 38.2 Å². The van der Waals surface area contributed by atoms with Gasteiger partial charge in [-0.05, 0) is 24.8 Å². The molecule has 0 aliphatic heterocycles. The summed E-state index contributed by atoms with van der Waals surface area (Å²) in [6, 6.07) is 10.4. The maximum absolute atomic E-state index is 11.7. The normalized spacial score (nSPS) is 12.1. The molecule has 0 bridgehead atoms. The van der Waals surface area contributed by atoms with E-state index < -0.39 is 0 Å². The van der Waals surface area contributed by atoms with E-state index in [0.29, 0.717) is 0 Å². The van der Waals surface area contributed by atoms with E-state index >= 15 is 0 Å².